The highest BCUT2D eigenvalue weighted by Gasteiger charge is 2.30. The summed E-state index contributed by atoms with van der Waals surface area (Å²) in [6.07, 6.45) is -5.53. The zero-order valence-electron chi connectivity index (χ0n) is 7.93. The fraction of sp³-hybridized carbons (Fsp3) is 0.857. The van der Waals surface area contributed by atoms with E-state index < -0.39 is 18.9 Å². The number of carbonyl (C=O) groups is 1. The van der Waals surface area contributed by atoms with Crippen LogP contribution in [-0.2, 0) is 9.47 Å². The highest BCUT2D eigenvalue weighted by atomic mass is 19.4. The average Bonchev–Trinajstić information content (AvgIpc) is 2.09. The molecule has 0 aliphatic carbocycles. The topological polar surface area (TPSA) is 38.8 Å². The molecule has 0 aromatic carbocycles. The fourth-order valence-corrected chi connectivity index (χ4v) is 0.664. The fourth-order valence-electron chi connectivity index (χ4n) is 0.664. The predicted molar refractivity (Wildman–Crippen MR) is 41.7 cm³/mol. The molecule has 0 rings (SSSR count). The largest absolute Gasteiger partial charge is 0.440 e. The SMILES string of the molecule is CCN(COC)C(=O)OCC(F)(F)F. The number of nitrogens with zero attached hydrogens (tertiary/aromatic N) is 1. The first-order chi connectivity index (χ1) is 6.40. The lowest BCUT2D eigenvalue weighted by molar-refractivity contribution is -0.163. The Morgan fingerprint density at radius 3 is 2.36 bits per heavy atom. The Balaban J connectivity index is 3.93. The molecule has 0 fully saturated rings. The summed E-state index contributed by atoms with van der Waals surface area (Å²) in [4.78, 5) is 11.9. The highest BCUT2D eigenvalue weighted by Crippen LogP contribution is 2.14. The molecule has 0 saturated heterocycles. The van der Waals surface area contributed by atoms with E-state index in [0.29, 0.717) is 0 Å². The summed E-state index contributed by atoms with van der Waals surface area (Å²) in [5, 5.41) is 0. The van der Waals surface area contributed by atoms with Gasteiger partial charge in [0.1, 0.15) is 6.73 Å². The number of amides is 1. The van der Waals surface area contributed by atoms with Crippen LogP contribution >= 0.6 is 0 Å². The molecule has 84 valence electrons. The van der Waals surface area contributed by atoms with Crippen molar-refractivity contribution in [2.75, 3.05) is 27.0 Å². The summed E-state index contributed by atoms with van der Waals surface area (Å²) in [7, 11) is 1.33. The van der Waals surface area contributed by atoms with Crippen molar-refractivity contribution in [2.45, 2.75) is 13.1 Å². The van der Waals surface area contributed by atoms with Crippen molar-refractivity contribution in [3.8, 4) is 0 Å². The lowest BCUT2D eigenvalue weighted by atomic mass is 10.6. The van der Waals surface area contributed by atoms with Crippen molar-refractivity contribution in [3.05, 3.63) is 0 Å². The first kappa shape index (κ1) is 13.0. The maximum atomic E-state index is 11.6. The number of rotatable bonds is 4. The van der Waals surface area contributed by atoms with Gasteiger partial charge in [-0.05, 0) is 6.92 Å². The molecular weight excluding hydrogens is 203 g/mol. The van der Waals surface area contributed by atoms with Crippen molar-refractivity contribution in [2.24, 2.45) is 0 Å². The zero-order chi connectivity index (χ0) is 11.2. The van der Waals surface area contributed by atoms with Gasteiger partial charge in [0.25, 0.3) is 0 Å². The van der Waals surface area contributed by atoms with Gasteiger partial charge in [0.05, 0.1) is 0 Å². The molecule has 0 unspecified atom stereocenters. The van der Waals surface area contributed by atoms with Gasteiger partial charge in [0, 0.05) is 13.7 Å². The molecular formula is C7H12F3NO3. The van der Waals surface area contributed by atoms with Gasteiger partial charge in [-0.3, -0.25) is 4.90 Å². The molecule has 14 heavy (non-hydrogen) atoms. The van der Waals surface area contributed by atoms with E-state index in [0.717, 1.165) is 4.90 Å². The number of halogens is 3. The van der Waals surface area contributed by atoms with E-state index in [2.05, 4.69) is 9.47 Å². The van der Waals surface area contributed by atoms with Gasteiger partial charge < -0.3 is 9.47 Å². The third kappa shape index (κ3) is 5.63. The van der Waals surface area contributed by atoms with Crippen molar-refractivity contribution < 1.29 is 27.4 Å². The van der Waals surface area contributed by atoms with Crippen LogP contribution in [-0.4, -0.2) is 44.2 Å². The Morgan fingerprint density at radius 1 is 1.43 bits per heavy atom. The number of hydrogen-bond acceptors (Lipinski definition) is 3. The summed E-state index contributed by atoms with van der Waals surface area (Å²) in [5.41, 5.74) is 0. The molecule has 0 bridgehead atoms. The van der Waals surface area contributed by atoms with Crippen LogP contribution in [0, 0.1) is 0 Å². The third-order valence-electron chi connectivity index (χ3n) is 1.28. The quantitative estimate of drug-likeness (QED) is 0.669. The minimum atomic E-state index is -4.50. The molecule has 0 heterocycles. The lowest BCUT2D eigenvalue weighted by Gasteiger charge is -2.19. The summed E-state index contributed by atoms with van der Waals surface area (Å²) in [6, 6.07) is 0. The zero-order valence-corrected chi connectivity index (χ0v) is 7.93. The van der Waals surface area contributed by atoms with E-state index in [1.807, 2.05) is 0 Å². The lowest BCUT2D eigenvalue weighted by Crippen LogP contribution is -2.35. The Labute approximate surface area is 79.6 Å². The molecule has 0 aromatic rings. The Kier molecular flexibility index (Phi) is 5.29. The number of methoxy groups -OCH3 is 1. The third-order valence-corrected chi connectivity index (χ3v) is 1.28. The maximum Gasteiger partial charge on any atom is 0.422 e. The predicted octanol–water partition coefficient (Wildman–Crippen LogP) is 1.61. The maximum absolute atomic E-state index is 11.6. The van der Waals surface area contributed by atoms with E-state index in [-0.39, 0.29) is 13.3 Å². The molecule has 0 aromatic heterocycles. The summed E-state index contributed by atoms with van der Waals surface area (Å²) in [6.45, 7) is 0.164. The van der Waals surface area contributed by atoms with Gasteiger partial charge in [-0.25, -0.2) is 4.79 Å². The summed E-state index contributed by atoms with van der Waals surface area (Å²) >= 11 is 0. The molecule has 4 nitrogen and oxygen atoms in total. The monoisotopic (exact) mass is 215 g/mol. The van der Waals surface area contributed by atoms with Crippen LogP contribution in [0.15, 0.2) is 0 Å². The minimum Gasteiger partial charge on any atom is -0.440 e. The van der Waals surface area contributed by atoms with Crippen LogP contribution in [0.5, 0.6) is 0 Å². The Morgan fingerprint density at radius 2 is 2.00 bits per heavy atom. The van der Waals surface area contributed by atoms with Gasteiger partial charge in [0.2, 0.25) is 0 Å². The van der Waals surface area contributed by atoms with Gasteiger partial charge in [-0.1, -0.05) is 0 Å². The highest BCUT2D eigenvalue weighted by molar-refractivity contribution is 5.67. The Hall–Kier alpha value is -0.980. The van der Waals surface area contributed by atoms with Crippen LogP contribution in [0.1, 0.15) is 6.92 Å². The van der Waals surface area contributed by atoms with Gasteiger partial charge >= 0.3 is 12.3 Å². The molecule has 0 N–H and O–H groups in total. The molecule has 0 atom stereocenters. The first-order valence-corrected chi connectivity index (χ1v) is 3.88. The average molecular weight is 215 g/mol. The first-order valence-electron chi connectivity index (χ1n) is 3.88. The van der Waals surface area contributed by atoms with Crippen molar-refractivity contribution in [3.63, 3.8) is 0 Å². The summed E-state index contributed by atoms with van der Waals surface area (Å²) < 4.78 is 43.5. The number of hydrogen-bond donors (Lipinski definition) is 0. The van der Waals surface area contributed by atoms with Crippen LogP contribution in [0.3, 0.4) is 0 Å². The summed E-state index contributed by atoms with van der Waals surface area (Å²) in [5.74, 6) is 0. The van der Waals surface area contributed by atoms with Crippen molar-refractivity contribution in [1.29, 1.82) is 0 Å². The van der Waals surface area contributed by atoms with Crippen LogP contribution in [0.2, 0.25) is 0 Å². The molecule has 7 heteroatoms. The molecule has 0 saturated carbocycles. The molecule has 0 aliphatic rings. The normalized spacial score (nSPS) is 11.2. The van der Waals surface area contributed by atoms with E-state index in [1.54, 1.807) is 6.92 Å². The number of alkyl halides is 3. The van der Waals surface area contributed by atoms with Crippen LogP contribution in [0.4, 0.5) is 18.0 Å². The van der Waals surface area contributed by atoms with Gasteiger partial charge in [-0.15, -0.1) is 0 Å². The van der Waals surface area contributed by atoms with Crippen LogP contribution < -0.4 is 0 Å². The van der Waals surface area contributed by atoms with E-state index in [1.165, 1.54) is 7.11 Å². The van der Waals surface area contributed by atoms with Gasteiger partial charge in [-0.2, -0.15) is 13.2 Å². The van der Waals surface area contributed by atoms with Gasteiger partial charge in [0.15, 0.2) is 6.61 Å². The number of ether oxygens (including phenoxy) is 2. The van der Waals surface area contributed by atoms with Crippen molar-refractivity contribution >= 4 is 6.09 Å². The van der Waals surface area contributed by atoms with Crippen molar-refractivity contribution in [1.82, 2.24) is 4.90 Å². The van der Waals surface area contributed by atoms with E-state index in [9.17, 15) is 18.0 Å². The smallest absolute Gasteiger partial charge is 0.422 e. The second-order valence-corrected chi connectivity index (χ2v) is 2.44. The Bertz CT molecular complexity index is 184. The standard InChI is InChI=1S/C7H12F3NO3/c1-3-11(5-13-2)6(12)14-4-7(8,9)10/h3-5H2,1-2H3. The molecule has 0 spiro atoms. The van der Waals surface area contributed by atoms with Crippen LogP contribution in [0.25, 0.3) is 0 Å². The minimum absolute atomic E-state index is 0.0901. The van der Waals surface area contributed by atoms with E-state index >= 15 is 0 Å². The second-order valence-electron chi connectivity index (χ2n) is 2.44. The molecule has 0 aliphatic heterocycles. The molecule has 1 amide bonds. The number of carbonyl (C=O) groups excluding carboxylic acids is 1. The second kappa shape index (κ2) is 5.69. The molecule has 0 radical (unpaired) electrons. The van der Waals surface area contributed by atoms with E-state index in [4.69, 9.17) is 0 Å².